The maximum atomic E-state index is 13.4. The molecular formula is C29H26F2N4O4S. The summed E-state index contributed by atoms with van der Waals surface area (Å²) in [4.78, 5) is 24.2. The average Bonchev–Trinajstić information content (AvgIpc) is 3.12. The van der Waals surface area contributed by atoms with Crippen molar-refractivity contribution in [2.45, 2.75) is 37.3 Å². The van der Waals surface area contributed by atoms with Gasteiger partial charge in [-0.3, -0.25) is 9.78 Å². The first-order chi connectivity index (χ1) is 19.3. The van der Waals surface area contributed by atoms with Gasteiger partial charge >= 0.3 is 0 Å². The van der Waals surface area contributed by atoms with Crippen LogP contribution < -0.4 is 10.2 Å². The van der Waals surface area contributed by atoms with Gasteiger partial charge in [-0.15, -0.1) is 0 Å². The van der Waals surface area contributed by atoms with Crippen molar-refractivity contribution in [2.24, 2.45) is 0 Å². The summed E-state index contributed by atoms with van der Waals surface area (Å²) in [7, 11) is -3.53. The molecule has 2 aromatic heterocycles. The Kier molecular flexibility index (Phi) is 6.93. The monoisotopic (exact) mass is 564 g/mol. The number of ether oxygens (including phenoxy) is 1. The molecule has 2 aliphatic rings. The largest absolute Gasteiger partial charge is 0.376 e. The number of carbonyl (C=O) groups excluding carboxylic acids is 1. The minimum atomic E-state index is -3.53. The molecule has 0 spiro atoms. The number of carbonyl (C=O) groups is 1. The second-order valence-electron chi connectivity index (χ2n) is 9.86. The molecule has 4 heterocycles. The Bertz CT molecular complexity index is 1730. The van der Waals surface area contributed by atoms with Crippen LogP contribution in [0.4, 0.5) is 20.3 Å². The van der Waals surface area contributed by atoms with E-state index >= 15 is 0 Å². The van der Waals surface area contributed by atoms with Gasteiger partial charge in [0, 0.05) is 34.9 Å². The number of hydrogen-bond donors (Lipinski definition) is 1. The number of hydrogen-bond acceptors (Lipinski definition) is 7. The molecule has 2 aliphatic heterocycles. The lowest BCUT2D eigenvalue weighted by Crippen LogP contribution is -2.25. The van der Waals surface area contributed by atoms with Gasteiger partial charge in [0.15, 0.2) is 9.84 Å². The molecule has 0 bridgehead atoms. The van der Waals surface area contributed by atoms with Crippen molar-refractivity contribution in [1.82, 2.24) is 15.3 Å². The molecule has 8 nitrogen and oxygen atoms in total. The topological polar surface area (TPSA) is 101 Å². The maximum Gasteiger partial charge on any atom is 0.263 e. The van der Waals surface area contributed by atoms with E-state index in [2.05, 4.69) is 10.3 Å². The Hall–Kier alpha value is -3.96. The SMILES string of the molecule is O=C(NCc1cc2nc(N3CCCc4ccc(C(F)F)cc43)ccc2cn1)c1ccc2c(c1)S(=O)(=O)CCOC2. The molecule has 0 unspecified atom stereocenters. The number of amides is 1. The first-order valence-corrected chi connectivity index (χ1v) is 14.6. The molecule has 6 rings (SSSR count). The Morgan fingerprint density at radius 2 is 1.93 bits per heavy atom. The summed E-state index contributed by atoms with van der Waals surface area (Å²) < 4.78 is 57.2. The Morgan fingerprint density at radius 3 is 2.77 bits per heavy atom. The van der Waals surface area contributed by atoms with Crippen LogP contribution in [0.1, 0.15) is 45.6 Å². The van der Waals surface area contributed by atoms with Crippen molar-refractivity contribution in [2.75, 3.05) is 23.8 Å². The smallest absolute Gasteiger partial charge is 0.263 e. The summed E-state index contributed by atoms with van der Waals surface area (Å²) in [6.45, 7) is 1.07. The highest BCUT2D eigenvalue weighted by molar-refractivity contribution is 7.91. The molecule has 4 aromatic rings. The number of nitrogens with one attached hydrogen (secondary N) is 1. The van der Waals surface area contributed by atoms with Gasteiger partial charge in [-0.25, -0.2) is 22.2 Å². The first kappa shape index (κ1) is 26.3. The number of fused-ring (bicyclic) bond motifs is 3. The molecule has 1 N–H and O–H groups in total. The molecular weight excluding hydrogens is 538 g/mol. The van der Waals surface area contributed by atoms with Crippen LogP contribution in [0, 0.1) is 0 Å². The highest BCUT2D eigenvalue weighted by Crippen LogP contribution is 2.36. The van der Waals surface area contributed by atoms with Crippen LogP contribution >= 0.6 is 0 Å². The summed E-state index contributed by atoms with van der Waals surface area (Å²) in [6.07, 6.45) is 0.819. The van der Waals surface area contributed by atoms with Crippen LogP contribution in [0.25, 0.3) is 10.9 Å². The summed E-state index contributed by atoms with van der Waals surface area (Å²) in [5.74, 6) is 0.0973. The van der Waals surface area contributed by atoms with E-state index in [9.17, 15) is 22.0 Å². The molecule has 0 fully saturated rings. The number of anilines is 2. The zero-order chi connectivity index (χ0) is 27.9. The van der Waals surface area contributed by atoms with Crippen LogP contribution in [0.5, 0.6) is 0 Å². The molecule has 0 saturated heterocycles. The minimum absolute atomic E-state index is 0.0194. The van der Waals surface area contributed by atoms with Gasteiger partial charge < -0.3 is 15.0 Å². The Labute approximate surface area is 229 Å². The molecule has 0 aliphatic carbocycles. The average molecular weight is 565 g/mol. The van der Waals surface area contributed by atoms with Gasteiger partial charge in [-0.05, 0) is 60.4 Å². The number of aryl methyl sites for hydroxylation is 1. The van der Waals surface area contributed by atoms with Crippen molar-refractivity contribution >= 4 is 38.2 Å². The Balaban J connectivity index is 1.22. The molecule has 40 heavy (non-hydrogen) atoms. The lowest BCUT2D eigenvalue weighted by Gasteiger charge is -2.31. The van der Waals surface area contributed by atoms with Crippen molar-refractivity contribution in [3.05, 3.63) is 88.7 Å². The van der Waals surface area contributed by atoms with Gasteiger partial charge in [0.1, 0.15) is 5.82 Å². The predicted molar refractivity (Wildman–Crippen MR) is 146 cm³/mol. The highest BCUT2D eigenvalue weighted by Gasteiger charge is 2.24. The summed E-state index contributed by atoms with van der Waals surface area (Å²) in [6, 6.07) is 14.9. The summed E-state index contributed by atoms with van der Waals surface area (Å²) in [5, 5.41) is 3.60. The number of sulfone groups is 1. The highest BCUT2D eigenvalue weighted by atomic mass is 32.2. The van der Waals surface area contributed by atoms with Crippen molar-refractivity contribution in [3.8, 4) is 0 Å². The fraction of sp³-hybridized carbons (Fsp3) is 0.276. The van der Waals surface area contributed by atoms with Gasteiger partial charge in [0.05, 0.1) is 41.6 Å². The van der Waals surface area contributed by atoms with Crippen molar-refractivity contribution < 1.29 is 26.7 Å². The number of pyridine rings is 2. The van der Waals surface area contributed by atoms with Crippen LogP contribution in [0.15, 0.2) is 65.7 Å². The van der Waals surface area contributed by atoms with Gasteiger partial charge in [0.25, 0.3) is 12.3 Å². The zero-order valence-corrected chi connectivity index (χ0v) is 22.3. The Morgan fingerprint density at radius 1 is 1.07 bits per heavy atom. The molecule has 0 saturated carbocycles. The van der Waals surface area contributed by atoms with E-state index in [0.717, 1.165) is 29.5 Å². The standard InChI is InChI=1S/C29H26F2N4O4S/c30-28(31)19-4-3-18-2-1-9-35(25(18)12-19)27-8-7-21-15-32-23(14-24(21)34-27)16-33-29(36)20-5-6-22-17-39-10-11-40(37,38)26(22)13-20/h3-8,12-15,28H,1-2,9-11,16-17H2,(H,33,36). The quantitative estimate of drug-likeness (QED) is 0.369. The minimum Gasteiger partial charge on any atom is -0.376 e. The summed E-state index contributed by atoms with van der Waals surface area (Å²) >= 11 is 0. The van der Waals surface area contributed by atoms with E-state index in [0.29, 0.717) is 29.1 Å². The normalized spacial score (nSPS) is 16.3. The van der Waals surface area contributed by atoms with Crippen LogP contribution in [-0.2, 0) is 34.1 Å². The van der Waals surface area contributed by atoms with Crippen LogP contribution in [0.2, 0.25) is 0 Å². The van der Waals surface area contributed by atoms with E-state index in [-0.39, 0.29) is 41.5 Å². The molecule has 2 aromatic carbocycles. The van der Waals surface area contributed by atoms with E-state index in [1.807, 2.05) is 17.0 Å². The van der Waals surface area contributed by atoms with Crippen LogP contribution in [-0.4, -0.2) is 43.2 Å². The van der Waals surface area contributed by atoms with Crippen LogP contribution in [0.3, 0.4) is 0 Å². The molecule has 0 radical (unpaired) electrons. The number of benzene rings is 2. The second-order valence-corrected chi connectivity index (χ2v) is 11.9. The van der Waals surface area contributed by atoms with E-state index in [4.69, 9.17) is 9.72 Å². The van der Waals surface area contributed by atoms with Gasteiger partial charge in [0.2, 0.25) is 0 Å². The number of nitrogens with zero attached hydrogens (tertiary/aromatic N) is 3. The first-order valence-electron chi connectivity index (χ1n) is 12.9. The van der Waals surface area contributed by atoms with E-state index in [1.54, 1.807) is 36.5 Å². The number of alkyl halides is 2. The summed E-state index contributed by atoms with van der Waals surface area (Å²) in [5.41, 5.74) is 3.73. The number of aromatic nitrogens is 2. The second kappa shape index (κ2) is 10.5. The zero-order valence-electron chi connectivity index (χ0n) is 21.4. The molecule has 206 valence electrons. The van der Waals surface area contributed by atoms with Crippen molar-refractivity contribution in [1.29, 1.82) is 0 Å². The lowest BCUT2D eigenvalue weighted by atomic mass is 9.99. The third kappa shape index (κ3) is 5.14. The number of rotatable bonds is 5. The van der Waals surface area contributed by atoms with Gasteiger partial charge in [-0.1, -0.05) is 18.2 Å². The van der Waals surface area contributed by atoms with E-state index < -0.39 is 22.2 Å². The third-order valence-electron chi connectivity index (χ3n) is 7.22. The maximum absolute atomic E-state index is 13.4. The molecule has 0 atom stereocenters. The lowest BCUT2D eigenvalue weighted by molar-refractivity contribution is 0.0950. The molecule has 1 amide bonds. The predicted octanol–water partition coefficient (Wildman–Crippen LogP) is 4.89. The number of halogens is 2. The van der Waals surface area contributed by atoms with Gasteiger partial charge in [-0.2, -0.15) is 0 Å². The fourth-order valence-corrected chi connectivity index (χ4v) is 6.49. The molecule has 11 heteroatoms. The van der Waals surface area contributed by atoms with E-state index in [1.165, 1.54) is 12.1 Å². The third-order valence-corrected chi connectivity index (χ3v) is 8.97. The fourth-order valence-electron chi connectivity index (χ4n) is 5.10. The van der Waals surface area contributed by atoms with Crippen molar-refractivity contribution in [3.63, 3.8) is 0 Å².